The molecule has 1 rings (SSSR count). The van der Waals surface area contributed by atoms with Gasteiger partial charge < -0.3 is 24.3 Å². The Kier molecular flexibility index (Phi) is 8.12. The molecule has 0 spiro atoms. The van der Waals surface area contributed by atoms with Crippen LogP contribution >= 0.6 is 0 Å². The summed E-state index contributed by atoms with van der Waals surface area (Å²) >= 11 is 0. The lowest BCUT2D eigenvalue weighted by molar-refractivity contribution is -0.133. The summed E-state index contributed by atoms with van der Waals surface area (Å²) in [5.41, 5.74) is 1.12. The van der Waals surface area contributed by atoms with Gasteiger partial charge in [-0.2, -0.15) is 0 Å². The zero-order chi connectivity index (χ0) is 15.7. The van der Waals surface area contributed by atoms with E-state index in [1.807, 2.05) is 32.0 Å². The van der Waals surface area contributed by atoms with Crippen LogP contribution < -0.4 is 14.8 Å². The first kappa shape index (κ1) is 17.8. The highest BCUT2D eigenvalue weighted by Crippen LogP contribution is 2.29. The van der Waals surface area contributed by atoms with Gasteiger partial charge in [0.15, 0.2) is 17.8 Å². The molecule has 5 heteroatoms. The summed E-state index contributed by atoms with van der Waals surface area (Å²) in [5, 5.41) is 3.41. The molecule has 120 valence electrons. The number of nitrogens with one attached hydrogen (secondary N) is 1. The topological polar surface area (TPSA) is 49.0 Å². The number of methoxy groups -OCH3 is 2. The highest BCUT2D eigenvalue weighted by atomic mass is 16.7. The largest absolute Gasteiger partial charge is 0.493 e. The van der Waals surface area contributed by atoms with E-state index >= 15 is 0 Å². The van der Waals surface area contributed by atoms with E-state index in [4.69, 9.17) is 18.9 Å². The molecule has 5 nitrogen and oxygen atoms in total. The minimum absolute atomic E-state index is 0.160. The maximum absolute atomic E-state index is 5.52. The molecule has 0 radical (unpaired) electrons. The Hall–Kier alpha value is -1.30. The summed E-state index contributed by atoms with van der Waals surface area (Å²) in [5.74, 6) is 1.46. The van der Waals surface area contributed by atoms with Crippen LogP contribution in [0.3, 0.4) is 0 Å². The molecule has 1 atom stereocenters. The van der Waals surface area contributed by atoms with Crippen LogP contribution in [0.4, 0.5) is 0 Å². The second-order valence-corrected chi connectivity index (χ2v) is 4.58. The highest BCUT2D eigenvalue weighted by Gasteiger charge is 2.13. The summed E-state index contributed by atoms with van der Waals surface area (Å²) in [7, 11) is 3.27. The second kappa shape index (κ2) is 9.60. The first-order chi connectivity index (χ1) is 10.2. The van der Waals surface area contributed by atoms with E-state index in [1.54, 1.807) is 14.2 Å². The molecule has 0 saturated heterocycles. The van der Waals surface area contributed by atoms with E-state index in [9.17, 15) is 0 Å². The van der Waals surface area contributed by atoms with E-state index < -0.39 is 0 Å². The van der Waals surface area contributed by atoms with Crippen LogP contribution in [-0.2, 0) is 9.47 Å². The highest BCUT2D eigenvalue weighted by molar-refractivity contribution is 5.43. The van der Waals surface area contributed by atoms with Crippen molar-refractivity contribution < 1.29 is 18.9 Å². The second-order valence-electron chi connectivity index (χ2n) is 4.58. The quantitative estimate of drug-likeness (QED) is 0.673. The Bertz CT molecular complexity index is 405. The standard InChI is InChI=1S/C16H27NO4/c1-6-20-16(21-7-2)11-17-12(3)13-8-9-14(18-4)15(10-13)19-5/h8-10,12,16-17H,6-7,11H2,1-5H3/t12-/m0/s1. The predicted octanol–water partition coefficient (Wildman–Crippen LogP) is 2.75. The number of ether oxygens (including phenoxy) is 4. The monoisotopic (exact) mass is 297 g/mol. The number of benzene rings is 1. The molecule has 1 N–H and O–H groups in total. The van der Waals surface area contributed by atoms with Gasteiger partial charge in [-0.25, -0.2) is 0 Å². The number of hydrogen-bond donors (Lipinski definition) is 1. The van der Waals surface area contributed by atoms with Gasteiger partial charge in [0.05, 0.1) is 14.2 Å². The minimum Gasteiger partial charge on any atom is -0.493 e. The van der Waals surface area contributed by atoms with Gasteiger partial charge in [0.1, 0.15) is 0 Å². The lowest BCUT2D eigenvalue weighted by Crippen LogP contribution is -2.33. The molecule has 0 unspecified atom stereocenters. The lowest BCUT2D eigenvalue weighted by Gasteiger charge is -2.21. The first-order valence-electron chi connectivity index (χ1n) is 7.34. The smallest absolute Gasteiger partial charge is 0.169 e. The Balaban J connectivity index is 2.64. The van der Waals surface area contributed by atoms with Crippen molar-refractivity contribution in [1.29, 1.82) is 0 Å². The molecule has 0 heterocycles. The molecule has 0 saturated carbocycles. The van der Waals surface area contributed by atoms with Gasteiger partial charge in [0.25, 0.3) is 0 Å². The normalized spacial score (nSPS) is 12.5. The molecular formula is C16H27NO4. The summed E-state index contributed by atoms with van der Waals surface area (Å²) in [4.78, 5) is 0. The zero-order valence-corrected chi connectivity index (χ0v) is 13.6. The van der Waals surface area contributed by atoms with Crippen LogP contribution in [0.2, 0.25) is 0 Å². The van der Waals surface area contributed by atoms with Crippen LogP contribution in [0, 0.1) is 0 Å². The van der Waals surface area contributed by atoms with E-state index in [0.29, 0.717) is 19.8 Å². The van der Waals surface area contributed by atoms with Crippen LogP contribution in [0.5, 0.6) is 11.5 Å². The molecule has 21 heavy (non-hydrogen) atoms. The lowest BCUT2D eigenvalue weighted by atomic mass is 10.1. The molecule has 0 aromatic heterocycles. The van der Waals surface area contributed by atoms with Crippen LogP contribution in [0.15, 0.2) is 18.2 Å². The van der Waals surface area contributed by atoms with Gasteiger partial charge in [-0.15, -0.1) is 0 Å². The predicted molar refractivity (Wildman–Crippen MR) is 83.0 cm³/mol. The summed E-state index contributed by atoms with van der Waals surface area (Å²) in [6.45, 7) is 7.93. The van der Waals surface area contributed by atoms with Crippen LogP contribution in [-0.4, -0.2) is 40.3 Å². The molecule has 0 bridgehead atoms. The zero-order valence-electron chi connectivity index (χ0n) is 13.6. The molecular weight excluding hydrogens is 270 g/mol. The first-order valence-corrected chi connectivity index (χ1v) is 7.34. The Labute approximate surface area is 127 Å². The summed E-state index contributed by atoms with van der Waals surface area (Å²) in [6.07, 6.45) is -0.220. The van der Waals surface area contributed by atoms with E-state index in [-0.39, 0.29) is 12.3 Å². The fourth-order valence-corrected chi connectivity index (χ4v) is 2.05. The van der Waals surface area contributed by atoms with Crippen molar-refractivity contribution in [3.05, 3.63) is 23.8 Å². The van der Waals surface area contributed by atoms with Crippen molar-refractivity contribution in [3.8, 4) is 11.5 Å². The SMILES string of the molecule is CCOC(CN[C@@H](C)c1ccc(OC)c(OC)c1)OCC. The molecule has 1 aromatic rings. The van der Waals surface area contributed by atoms with Gasteiger partial charge in [0, 0.05) is 25.8 Å². The Morgan fingerprint density at radius 2 is 1.62 bits per heavy atom. The average molecular weight is 297 g/mol. The van der Waals surface area contributed by atoms with E-state index in [2.05, 4.69) is 12.2 Å². The molecule has 0 aliphatic carbocycles. The maximum atomic E-state index is 5.52. The van der Waals surface area contributed by atoms with Crippen molar-refractivity contribution >= 4 is 0 Å². The molecule has 0 aliphatic heterocycles. The maximum Gasteiger partial charge on any atom is 0.169 e. The van der Waals surface area contributed by atoms with Gasteiger partial charge in [-0.3, -0.25) is 0 Å². The fraction of sp³-hybridized carbons (Fsp3) is 0.625. The molecule has 0 aliphatic rings. The van der Waals surface area contributed by atoms with Crippen molar-refractivity contribution in [2.45, 2.75) is 33.1 Å². The van der Waals surface area contributed by atoms with Crippen molar-refractivity contribution in [2.75, 3.05) is 34.0 Å². The minimum atomic E-state index is -0.220. The van der Waals surface area contributed by atoms with Gasteiger partial charge in [-0.1, -0.05) is 6.07 Å². The molecule has 0 amide bonds. The number of rotatable bonds is 10. The van der Waals surface area contributed by atoms with Gasteiger partial charge in [0.2, 0.25) is 0 Å². The molecule has 1 aromatic carbocycles. The van der Waals surface area contributed by atoms with Crippen molar-refractivity contribution in [2.24, 2.45) is 0 Å². The number of hydrogen-bond acceptors (Lipinski definition) is 5. The summed E-state index contributed by atoms with van der Waals surface area (Å²) in [6, 6.07) is 6.07. The van der Waals surface area contributed by atoms with E-state index in [0.717, 1.165) is 17.1 Å². The van der Waals surface area contributed by atoms with Gasteiger partial charge >= 0.3 is 0 Å². The van der Waals surface area contributed by atoms with Crippen molar-refractivity contribution in [3.63, 3.8) is 0 Å². The Morgan fingerprint density at radius 3 is 2.14 bits per heavy atom. The van der Waals surface area contributed by atoms with Crippen LogP contribution in [0.25, 0.3) is 0 Å². The third-order valence-electron chi connectivity index (χ3n) is 3.20. The van der Waals surface area contributed by atoms with Gasteiger partial charge in [-0.05, 0) is 38.5 Å². The third-order valence-corrected chi connectivity index (χ3v) is 3.20. The fourth-order valence-electron chi connectivity index (χ4n) is 2.05. The Morgan fingerprint density at radius 1 is 1.00 bits per heavy atom. The average Bonchev–Trinajstić information content (AvgIpc) is 2.52. The molecule has 0 fully saturated rings. The van der Waals surface area contributed by atoms with Crippen molar-refractivity contribution in [1.82, 2.24) is 5.32 Å². The third kappa shape index (κ3) is 5.53. The van der Waals surface area contributed by atoms with E-state index in [1.165, 1.54) is 0 Å². The van der Waals surface area contributed by atoms with Crippen LogP contribution in [0.1, 0.15) is 32.4 Å². The summed E-state index contributed by atoms with van der Waals surface area (Å²) < 4.78 is 21.6.